The predicted molar refractivity (Wildman–Crippen MR) is 195 cm³/mol. The molecule has 18 heteroatoms. The third-order valence-corrected chi connectivity index (χ3v) is 8.59. The average Bonchev–Trinajstić information content (AvgIpc) is 3.08. The fraction of sp³-hybridized carbons (Fsp3) is 0.590. The van der Waals surface area contributed by atoms with Crippen LogP contribution in [0.5, 0.6) is 0 Å². The number of ketones is 1. The van der Waals surface area contributed by atoms with Crippen LogP contribution in [-0.2, 0) is 28.5 Å². The second-order valence-electron chi connectivity index (χ2n) is 16.3. The van der Waals surface area contributed by atoms with Crippen LogP contribution in [0.2, 0.25) is 0 Å². The van der Waals surface area contributed by atoms with Gasteiger partial charge < -0.3 is 40.4 Å². The number of aromatic carboxylic acids is 1. The molecule has 0 unspecified atom stereocenters. The fourth-order valence-electron chi connectivity index (χ4n) is 5.29. The second-order valence-corrected chi connectivity index (χ2v) is 16.3. The molecule has 4 atom stereocenters. The summed E-state index contributed by atoms with van der Waals surface area (Å²) in [7, 11) is 0. The van der Waals surface area contributed by atoms with Gasteiger partial charge in [0.15, 0.2) is 40.6 Å². The Bertz CT molecular complexity index is 1770. The molecule has 2 aromatic rings. The lowest BCUT2D eigenvalue weighted by Gasteiger charge is -2.44. The molecule has 0 radical (unpaired) electrons. The van der Waals surface area contributed by atoms with Crippen LogP contribution in [0.1, 0.15) is 96.4 Å². The Kier molecular flexibility index (Phi) is 16.8. The highest BCUT2D eigenvalue weighted by Crippen LogP contribution is 2.36. The van der Waals surface area contributed by atoms with Gasteiger partial charge in [-0.05, 0) is 52.7 Å². The molecule has 2 saturated heterocycles. The summed E-state index contributed by atoms with van der Waals surface area (Å²) in [6.45, 7) is 19.7. The number of nitrogens with two attached hydrogens (primary N) is 1. The number of nitrogens with one attached hydrogen (secondary N) is 2. The normalized spacial score (nSPS) is 21.3. The summed E-state index contributed by atoms with van der Waals surface area (Å²) in [6, 6.07) is 1.33. The van der Waals surface area contributed by atoms with Crippen molar-refractivity contribution in [3.05, 3.63) is 70.3 Å². The monoisotopic (exact) mass is 821 g/mol. The van der Waals surface area contributed by atoms with Crippen LogP contribution < -0.4 is 16.4 Å². The van der Waals surface area contributed by atoms with E-state index in [1.807, 2.05) is 48.5 Å². The van der Waals surface area contributed by atoms with Crippen LogP contribution in [-0.4, -0.2) is 84.8 Å². The summed E-state index contributed by atoms with van der Waals surface area (Å²) in [5.41, 5.74) is 3.35. The minimum Gasteiger partial charge on any atom is -0.478 e. The van der Waals surface area contributed by atoms with Gasteiger partial charge in [-0.3, -0.25) is 14.4 Å². The summed E-state index contributed by atoms with van der Waals surface area (Å²) < 4.78 is 99.6. The van der Waals surface area contributed by atoms with Gasteiger partial charge in [-0.2, -0.15) is 0 Å². The zero-order valence-electron chi connectivity index (χ0n) is 33.7. The topological polar surface area (TPSA) is 176 Å². The standard InChI is InChI=1S/C20H26F3NO4.C12H24N2O3.C7H3F3O2/c1-11(6-16(25)12-7-14(22)15(23)8-13(12)21)9-24-18(26)17-19(2,3)10-27-20(4,5)28-17;1-8(13)6-14-10(15)9-11(2,3)7-16-12(4,5)17-9;8-4-2-6(10)5(9)1-3(4)7(11)12/h7-8,11,17H,6,9-10H2,1-5H3,(H,24,26);8-9H,6-7,13H2,1-5H3,(H,14,15);1-2H,(H,11,12)/t11-,17-;8-,9+;/m10./s1. The number of carboxylic acid groups (broad SMARTS) is 1. The van der Waals surface area contributed by atoms with E-state index in [0.717, 1.165) is 0 Å². The van der Waals surface area contributed by atoms with E-state index in [9.17, 15) is 45.5 Å². The molecule has 0 bridgehead atoms. The summed E-state index contributed by atoms with van der Waals surface area (Å²) in [4.78, 5) is 47.0. The number of benzene rings is 2. The van der Waals surface area contributed by atoms with Crippen LogP contribution in [0.25, 0.3) is 0 Å². The number of hydrogen-bond acceptors (Lipinski definition) is 9. The number of amides is 2. The van der Waals surface area contributed by atoms with E-state index in [2.05, 4.69) is 10.6 Å². The van der Waals surface area contributed by atoms with Crippen molar-refractivity contribution < 1.29 is 69.6 Å². The summed E-state index contributed by atoms with van der Waals surface area (Å²) in [5.74, 6) is -12.5. The number of rotatable bonds is 10. The van der Waals surface area contributed by atoms with Crippen molar-refractivity contribution in [1.29, 1.82) is 0 Å². The van der Waals surface area contributed by atoms with Crippen molar-refractivity contribution in [2.45, 2.75) is 105 Å². The molecule has 320 valence electrons. The zero-order chi connectivity index (χ0) is 43.8. The molecule has 0 aromatic heterocycles. The third kappa shape index (κ3) is 14.7. The molecule has 2 aliphatic rings. The first kappa shape index (κ1) is 49.0. The number of carboxylic acids is 1. The smallest absolute Gasteiger partial charge is 0.338 e. The minimum atomic E-state index is -1.63. The Hall–Kier alpha value is -4.10. The van der Waals surface area contributed by atoms with Crippen LogP contribution >= 0.6 is 0 Å². The highest BCUT2D eigenvalue weighted by molar-refractivity contribution is 5.96. The molecule has 5 N–H and O–H groups in total. The van der Waals surface area contributed by atoms with Gasteiger partial charge in [0.1, 0.15) is 23.8 Å². The molecular formula is C39H53F6N3O9. The lowest BCUT2D eigenvalue weighted by Crippen LogP contribution is -2.57. The van der Waals surface area contributed by atoms with E-state index in [4.69, 9.17) is 29.8 Å². The van der Waals surface area contributed by atoms with Crippen LogP contribution in [0, 0.1) is 51.7 Å². The van der Waals surface area contributed by atoms with Crippen molar-refractivity contribution in [2.24, 2.45) is 22.5 Å². The quantitative estimate of drug-likeness (QED) is 0.126. The molecule has 0 spiro atoms. The van der Waals surface area contributed by atoms with E-state index in [0.29, 0.717) is 38.0 Å². The lowest BCUT2D eigenvalue weighted by molar-refractivity contribution is -0.304. The van der Waals surface area contributed by atoms with Crippen molar-refractivity contribution in [1.82, 2.24) is 10.6 Å². The van der Waals surface area contributed by atoms with E-state index in [-0.39, 0.29) is 48.2 Å². The van der Waals surface area contributed by atoms with Gasteiger partial charge in [0.05, 0.1) is 24.3 Å². The number of ether oxygens (including phenoxy) is 4. The van der Waals surface area contributed by atoms with Crippen molar-refractivity contribution in [3.63, 3.8) is 0 Å². The van der Waals surface area contributed by atoms with Crippen molar-refractivity contribution in [3.8, 4) is 0 Å². The molecule has 0 saturated carbocycles. The highest BCUT2D eigenvalue weighted by Gasteiger charge is 2.47. The van der Waals surface area contributed by atoms with Gasteiger partial charge in [-0.25, -0.2) is 31.1 Å². The van der Waals surface area contributed by atoms with Gasteiger partial charge in [0, 0.05) is 48.5 Å². The SMILES string of the molecule is C[C@@H](CNC(=O)[C@H]1OC(C)(C)OCC1(C)C)CC(=O)c1cc(F)c(F)cc1F.C[C@H](N)CNC(=O)[C@H]1OC(C)(C)OCC1(C)C.O=C(O)c1cc(F)c(F)cc1F. The molecule has 0 aliphatic carbocycles. The number of Topliss-reactive ketones (excluding diaryl/α,β-unsaturated/α-hetero) is 1. The van der Waals surface area contributed by atoms with E-state index >= 15 is 0 Å². The number of carbonyl (C=O) groups excluding carboxylic acids is 3. The Morgan fingerprint density at radius 2 is 1.04 bits per heavy atom. The molecule has 12 nitrogen and oxygen atoms in total. The van der Waals surface area contributed by atoms with E-state index in [1.165, 1.54) is 0 Å². The Labute approximate surface area is 328 Å². The van der Waals surface area contributed by atoms with Gasteiger partial charge >= 0.3 is 5.97 Å². The molecule has 2 fully saturated rings. The maximum absolute atomic E-state index is 13.7. The van der Waals surface area contributed by atoms with Crippen molar-refractivity contribution in [2.75, 3.05) is 26.3 Å². The Morgan fingerprint density at radius 1 is 0.667 bits per heavy atom. The summed E-state index contributed by atoms with van der Waals surface area (Å²) >= 11 is 0. The van der Waals surface area contributed by atoms with Gasteiger partial charge in [0.25, 0.3) is 0 Å². The Balaban J connectivity index is 0.000000327. The molecule has 2 heterocycles. The van der Waals surface area contributed by atoms with E-state index in [1.54, 1.807) is 20.8 Å². The first-order valence-electron chi connectivity index (χ1n) is 18.0. The second kappa shape index (κ2) is 19.6. The maximum Gasteiger partial charge on any atom is 0.338 e. The largest absolute Gasteiger partial charge is 0.478 e. The molecule has 57 heavy (non-hydrogen) atoms. The molecule has 2 aromatic carbocycles. The van der Waals surface area contributed by atoms with Crippen LogP contribution in [0.4, 0.5) is 26.3 Å². The summed E-state index contributed by atoms with van der Waals surface area (Å²) in [6.07, 6.45) is -1.38. The number of carbonyl (C=O) groups is 4. The number of hydrogen-bond donors (Lipinski definition) is 4. The first-order valence-corrected chi connectivity index (χ1v) is 18.0. The number of halogens is 6. The van der Waals surface area contributed by atoms with Crippen LogP contribution in [0.15, 0.2) is 24.3 Å². The molecule has 2 aliphatic heterocycles. The van der Waals surface area contributed by atoms with Gasteiger partial charge in [-0.15, -0.1) is 0 Å². The van der Waals surface area contributed by atoms with Gasteiger partial charge in [0.2, 0.25) is 11.8 Å². The fourth-order valence-corrected chi connectivity index (χ4v) is 5.29. The average molecular weight is 822 g/mol. The zero-order valence-corrected chi connectivity index (χ0v) is 33.7. The highest BCUT2D eigenvalue weighted by atomic mass is 19.2. The van der Waals surface area contributed by atoms with Gasteiger partial charge in [-0.1, -0.05) is 34.6 Å². The summed E-state index contributed by atoms with van der Waals surface area (Å²) in [5, 5.41) is 13.8. The molecule has 2 amide bonds. The van der Waals surface area contributed by atoms with E-state index < -0.39 is 87.0 Å². The molecular weight excluding hydrogens is 768 g/mol. The third-order valence-electron chi connectivity index (χ3n) is 8.59. The lowest BCUT2D eigenvalue weighted by atomic mass is 9.85. The predicted octanol–water partition coefficient (Wildman–Crippen LogP) is 6.04. The Morgan fingerprint density at radius 3 is 1.44 bits per heavy atom. The molecule has 4 rings (SSSR count). The van der Waals surface area contributed by atoms with Crippen molar-refractivity contribution >= 4 is 23.6 Å². The first-order chi connectivity index (χ1) is 26.0. The van der Waals surface area contributed by atoms with Crippen LogP contribution in [0.3, 0.4) is 0 Å². The minimum absolute atomic E-state index is 0.0603. The maximum atomic E-state index is 13.7.